The van der Waals surface area contributed by atoms with E-state index in [9.17, 15) is 0 Å². The highest BCUT2D eigenvalue weighted by atomic mass is 16.5. The molecule has 1 aliphatic rings. The Kier molecular flexibility index (Phi) is 5.83. The lowest BCUT2D eigenvalue weighted by Crippen LogP contribution is -2.55. The van der Waals surface area contributed by atoms with Crippen LogP contribution in [-0.2, 0) is 11.3 Å². The van der Waals surface area contributed by atoms with Crippen LogP contribution < -0.4 is 15.5 Å². The predicted molar refractivity (Wildman–Crippen MR) is 118 cm³/mol. The number of rotatable bonds is 6. The molecular formula is C21H30N8O. The molecule has 0 bridgehead atoms. The monoisotopic (exact) mass is 410 g/mol. The fourth-order valence-corrected chi connectivity index (χ4v) is 3.80. The summed E-state index contributed by atoms with van der Waals surface area (Å²) in [6.07, 6.45) is 1.80. The number of hydrogen-bond donors (Lipinski definition) is 2. The van der Waals surface area contributed by atoms with Crippen LogP contribution in [0.5, 0.6) is 0 Å². The second kappa shape index (κ2) is 8.53. The van der Waals surface area contributed by atoms with Crippen LogP contribution in [0, 0.1) is 13.8 Å². The molecule has 160 valence electrons. The minimum absolute atomic E-state index is 0.299. The fourth-order valence-electron chi connectivity index (χ4n) is 3.80. The van der Waals surface area contributed by atoms with Gasteiger partial charge in [0, 0.05) is 38.5 Å². The molecule has 1 fully saturated rings. The van der Waals surface area contributed by atoms with Gasteiger partial charge in [-0.3, -0.25) is 4.68 Å². The number of aromatic nitrogens is 5. The maximum absolute atomic E-state index is 5.27. The van der Waals surface area contributed by atoms with E-state index in [2.05, 4.69) is 34.4 Å². The zero-order valence-corrected chi connectivity index (χ0v) is 18.3. The van der Waals surface area contributed by atoms with Crippen molar-refractivity contribution in [2.24, 2.45) is 0 Å². The highest BCUT2D eigenvalue weighted by molar-refractivity contribution is 5.90. The topological polar surface area (TPSA) is 93.0 Å². The lowest BCUT2D eigenvalue weighted by molar-refractivity contribution is 0.185. The Labute approximate surface area is 176 Å². The summed E-state index contributed by atoms with van der Waals surface area (Å²) >= 11 is 0. The van der Waals surface area contributed by atoms with Gasteiger partial charge in [-0.25, -0.2) is 9.97 Å². The van der Waals surface area contributed by atoms with Crippen LogP contribution in [0.2, 0.25) is 0 Å². The summed E-state index contributed by atoms with van der Waals surface area (Å²) in [5.74, 6) is 2.18. The van der Waals surface area contributed by atoms with E-state index >= 15 is 0 Å². The van der Waals surface area contributed by atoms with Crippen LogP contribution >= 0.6 is 0 Å². The summed E-state index contributed by atoms with van der Waals surface area (Å²) in [6, 6.07) is 4.66. The molecule has 0 saturated carbocycles. The van der Waals surface area contributed by atoms with E-state index in [0.29, 0.717) is 37.0 Å². The van der Waals surface area contributed by atoms with E-state index in [1.807, 2.05) is 30.7 Å². The zero-order chi connectivity index (χ0) is 21.3. The van der Waals surface area contributed by atoms with Crippen molar-refractivity contribution in [2.45, 2.75) is 46.3 Å². The first-order valence-electron chi connectivity index (χ1n) is 10.4. The lowest BCUT2D eigenvalue weighted by atomic mass is 10.1. The van der Waals surface area contributed by atoms with Gasteiger partial charge in [0.15, 0.2) is 5.82 Å². The third kappa shape index (κ3) is 4.08. The molecule has 0 unspecified atom stereocenters. The van der Waals surface area contributed by atoms with Gasteiger partial charge in [0.25, 0.3) is 0 Å². The number of fused-ring (bicyclic) bond motifs is 1. The maximum Gasteiger partial charge on any atom is 0.228 e. The number of anilines is 3. The molecule has 0 aromatic carbocycles. The van der Waals surface area contributed by atoms with Gasteiger partial charge >= 0.3 is 0 Å². The molecule has 0 spiro atoms. The summed E-state index contributed by atoms with van der Waals surface area (Å²) in [6.45, 7) is 11.3. The van der Waals surface area contributed by atoms with Gasteiger partial charge in [-0.2, -0.15) is 10.1 Å². The molecule has 9 heteroatoms. The number of ether oxygens (including phenoxy) is 1. The molecule has 30 heavy (non-hydrogen) atoms. The molecule has 0 aliphatic carbocycles. The highest BCUT2D eigenvalue weighted by Gasteiger charge is 2.27. The summed E-state index contributed by atoms with van der Waals surface area (Å²) in [5, 5.41) is 11.6. The van der Waals surface area contributed by atoms with Gasteiger partial charge in [-0.05, 0) is 45.4 Å². The maximum atomic E-state index is 5.27. The van der Waals surface area contributed by atoms with Gasteiger partial charge < -0.3 is 20.3 Å². The Balaban J connectivity index is 1.83. The molecule has 2 N–H and O–H groups in total. The molecule has 1 saturated heterocycles. The van der Waals surface area contributed by atoms with Gasteiger partial charge in [-0.15, -0.1) is 0 Å². The molecule has 0 radical (unpaired) electrons. The number of nitrogens with one attached hydrogen (secondary N) is 2. The van der Waals surface area contributed by atoms with Gasteiger partial charge in [0.05, 0.1) is 18.8 Å². The van der Waals surface area contributed by atoms with E-state index in [-0.39, 0.29) is 0 Å². The molecule has 3 aromatic heterocycles. The Hall–Kier alpha value is -2.78. The number of hydrogen-bond acceptors (Lipinski definition) is 8. The van der Waals surface area contributed by atoms with Crippen molar-refractivity contribution in [2.75, 3.05) is 37.0 Å². The molecule has 1 aliphatic heterocycles. The first kappa shape index (κ1) is 20.5. The fraction of sp³-hybridized carbons (Fsp3) is 0.524. The largest absolute Gasteiger partial charge is 0.383 e. The number of nitrogens with zero attached hydrogens (tertiary/aromatic N) is 6. The van der Waals surface area contributed by atoms with Crippen molar-refractivity contribution < 1.29 is 4.74 Å². The molecule has 9 nitrogen and oxygen atoms in total. The first-order chi connectivity index (χ1) is 14.5. The Bertz CT molecular complexity index is 1030. The number of piperazine rings is 1. The molecule has 3 aromatic rings. The number of methoxy groups -OCH3 is 1. The second-order valence-corrected chi connectivity index (χ2v) is 8.02. The predicted octanol–water partition coefficient (Wildman–Crippen LogP) is 2.41. The van der Waals surface area contributed by atoms with E-state index in [1.165, 1.54) is 0 Å². The average molecular weight is 411 g/mol. The third-order valence-electron chi connectivity index (χ3n) is 5.43. The molecule has 0 amide bonds. The van der Waals surface area contributed by atoms with Crippen LogP contribution in [0.25, 0.3) is 11.0 Å². The number of aryl methyl sites for hydroxylation is 2. The van der Waals surface area contributed by atoms with E-state index < -0.39 is 0 Å². The van der Waals surface area contributed by atoms with E-state index in [0.717, 1.165) is 41.2 Å². The van der Waals surface area contributed by atoms with Crippen molar-refractivity contribution in [1.29, 1.82) is 0 Å². The van der Waals surface area contributed by atoms with Crippen molar-refractivity contribution in [3.8, 4) is 0 Å². The Morgan fingerprint density at radius 2 is 2.10 bits per heavy atom. The average Bonchev–Trinajstić information content (AvgIpc) is 3.04. The summed E-state index contributed by atoms with van der Waals surface area (Å²) < 4.78 is 7.19. The van der Waals surface area contributed by atoms with Crippen molar-refractivity contribution in [3.05, 3.63) is 29.6 Å². The number of pyridine rings is 1. The van der Waals surface area contributed by atoms with Crippen LogP contribution in [0.4, 0.5) is 17.6 Å². The van der Waals surface area contributed by atoms with E-state index in [4.69, 9.17) is 19.8 Å². The molecular weight excluding hydrogens is 380 g/mol. The lowest BCUT2D eigenvalue weighted by Gasteiger charge is -2.37. The molecule has 4 rings (SSSR count). The minimum atomic E-state index is 0.299. The molecule has 2 atom stereocenters. The zero-order valence-electron chi connectivity index (χ0n) is 18.3. The summed E-state index contributed by atoms with van der Waals surface area (Å²) in [5.41, 5.74) is 3.73. The minimum Gasteiger partial charge on any atom is -0.383 e. The SMILES string of the molecule is COCCn1nc(C)c2nc(N3C[C@H](C)NC[C@H]3C)nc(Nc3cc(C)ccn3)c21. The van der Waals surface area contributed by atoms with E-state index in [1.54, 1.807) is 13.3 Å². The molecule has 4 heterocycles. The van der Waals surface area contributed by atoms with Gasteiger partial charge in [-0.1, -0.05) is 0 Å². The van der Waals surface area contributed by atoms with Crippen LogP contribution in [-0.4, -0.2) is 63.6 Å². The van der Waals surface area contributed by atoms with Crippen molar-refractivity contribution in [1.82, 2.24) is 30.0 Å². The van der Waals surface area contributed by atoms with Gasteiger partial charge in [0.2, 0.25) is 5.95 Å². The van der Waals surface area contributed by atoms with Crippen LogP contribution in [0.1, 0.15) is 25.1 Å². The van der Waals surface area contributed by atoms with Crippen molar-refractivity contribution >= 4 is 28.6 Å². The quantitative estimate of drug-likeness (QED) is 0.640. The smallest absolute Gasteiger partial charge is 0.228 e. The Morgan fingerprint density at radius 3 is 2.87 bits per heavy atom. The standard InChI is InChI=1S/C21H30N8O/c1-13-6-7-22-17(10-13)24-20-19-18(16(4)27-29(19)8-9-30-5)25-21(26-20)28-12-14(2)23-11-15(28)3/h6-7,10,14-15,23H,8-9,11-12H2,1-5H3,(H,22,24,25,26)/t14-,15+/m0/s1. The summed E-state index contributed by atoms with van der Waals surface area (Å²) in [7, 11) is 1.69. The first-order valence-corrected chi connectivity index (χ1v) is 10.4. The van der Waals surface area contributed by atoms with Crippen LogP contribution in [0.3, 0.4) is 0 Å². The van der Waals surface area contributed by atoms with Crippen LogP contribution in [0.15, 0.2) is 18.3 Å². The highest BCUT2D eigenvalue weighted by Crippen LogP contribution is 2.29. The normalized spacial score (nSPS) is 19.4. The Morgan fingerprint density at radius 1 is 1.27 bits per heavy atom. The van der Waals surface area contributed by atoms with Crippen molar-refractivity contribution in [3.63, 3.8) is 0 Å². The third-order valence-corrected chi connectivity index (χ3v) is 5.43. The second-order valence-electron chi connectivity index (χ2n) is 8.02. The summed E-state index contributed by atoms with van der Waals surface area (Å²) in [4.78, 5) is 16.6. The van der Waals surface area contributed by atoms with Gasteiger partial charge in [0.1, 0.15) is 16.9 Å².